The van der Waals surface area contributed by atoms with Crippen LogP contribution in [0.1, 0.15) is 46.5 Å². The van der Waals surface area contributed by atoms with Gasteiger partial charge in [0.25, 0.3) is 0 Å². The van der Waals surface area contributed by atoms with E-state index < -0.39 is 0 Å². The highest BCUT2D eigenvalue weighted by molar-refractivity contribution is 4.83. The fourth-order valence-electron chi connectivity index (χ4n) is 3.55. The van der Waals surface area contributed by atoms with Crippen molar-refractivity contribution in [3.05, 3.63) is 0 Å². The van der Waals surface area contributed by atoms with Crippen LogP contribution in [0.15, 0.2) is 0 Å². The van der Waals surface area contributed by atoms with Crippen molar-refractivity contribution in [3.8, 4) is 0 Å². The molecule has 1 aliphatic carbocycles. The van der Waals surface area contributed by atoms with E-state index in [0.717, 1.165) is 17.8 Å². The van der Waals surface area contributed by atoms with Gasteiger partial charge < -0.3 is 10.2 Å². The lowest BCUT2D eigenvalue weighted by molar-refractivity contribution is 0.130. The van der Waals surface area contributed by atoms with E-state index in [2.05, 4.69) is 31.0 Å². The minimum absolute atomic E-state index is 0.713. The summed E-state index contributed by atoms with van der Waals surface area (Å²) in [6, 6.07) is 0.713. The van der Waals surface area contributed by atoms with Crippen molar-refractivity contribution in [2.24, 2.45) is 17.8 Å². The highest BCUT2D eigenvalue weighted by Gasteiger charge is 2.25. The smallest absolute Gasteiger partial charge is 0.0218 e. The molecule has 1 aliphatic heterocycles. The number of hydrogen-bond donors (Lipinski definition) is 1. The molecule has 2 fully saturated rings. The van der Waals surface area contributed by atoms with Crippen molar-refractivity contribution in [2.45, 2.75) is 52.5 Å². The molecule has 1 heterocycles. The molecule has 2 rings (SSSR count). The number of hydrogen-bond acceptors (Lipinski definition) is 2. The second-order valence-electron chi connectivity index (χ2n) is 6.70. The second-order valence-corrected chi connectivity index (χ2v) is 6.70. The predicted molar refractivity (Wildman–Crippen MR) is 74.2 cm³/mol. The van der Waals surface area contributed by atoms with Crippen molar-refractivity contribution in [2.75, 3.05) is 26.2 Å². The van der Waals surface area contributed by atoms with Crippen LogP contribution in [-0.2, 0) is 0 Å². The normalized spacial score (nSPS) is 36.4. The van der Waals surface area contributed by atoms with E-state index in [-0.39, 0.29) is 0 Å². The molecule has 2 heteroatoms. The van der Waals surface area contributed by atoms with Gasteiger partial charge in [-0.1, -0.05) is 33.6 Å². The lowest BCUT2D eigenvalue weighted by Gasteiger charge is -2.39. The van der Waals surface area contributed by atoms with Crippen molar-refractivity contribution in [3.63, 3.8) is 0 Å². The molecule has 0 amide bonds. The number of nitrogens with zero attached hydrogens (tertiary/aromatic N) is 1. The largest absolute Gasteiger partial charge is 0.311 e. The monoisotopic (exact) mass is 238 g/mol. The number of rotatable bonds is 3. The van der Waals surface area contributed by atoms with Crippen LogP contribution < -0.4 is 5.32 Å². The molecule has 0 spiro atoms. The zero-order chi connectivity index (χ0) is 12.3. The fraction of sp³-hybridized carbons (Fsp3) is 1.00. The third-order valence-electron chi connectivity index (χ3n) is 4.66. The summed E-state index contributed by atoms with van der Waals surface area (Å²) in [6.45, 7) is 12.2. The number of nitrogens with one attached hydrogen (secondary N) is 1. The van der Waals surface area contributed by atoms with Gasteiger partial charge >= 0.3 is 0 Å². The molecule has 0 radical (unpaired) electrons. The van der Waals surface area contributed by atoms with Crippen LogP contribution >= 0.6 is 0 Å². The third-order valence-corrected chi connectivity index (χ3v) is 4.66. The van der Waals surface area contributed by atoms with Crippen LogP contribution in [0.4, 0.5) is 0 Å². The van der Waals surface area contributed by atoms with Crippen molar-refractivity contribution < 1.29 is 0 Å². The number of piperazine rings is 1. The minimum Gasteiger partial charge on any atom is -0.311 e. The summed E-state index contributed by atoms with van der Waals surface area (Å²) in [5.74, 6) is 2.71. The zero-order valence-electron chi connectivity index (χ0n) is 11.9. The molecule has 3 unspecified atom stereocenters. The average Bonchev–Trinajstić information content (AvgIpc) is 2.29. The molecule has 1 saturated carbocycles. The molecule has 0 bridgehead atoms. The fourth-order valence-corrected chi connectivity index (χ4v) is 3.55. The summed E-state index contributed by atoms with van der Waals surface area (Å²) >= 11 is 0. The van der Waals surface area contributed by atoms with Gasteiger partial charge in [-0.25, -0.2) is 0 Å². The van der Waals surface area contributed by atoms with Crippen LogP contribution in [-0.4, -0.2) is 37.1 Å². The first kappa shape index (κ1) is 13.4. The molecule has 3 atom stereocenters. The van der Waals surface area contributed by atoms with Gasteiger partial charge in [-0.3, -0.25) is 0 Å². The lowest BCUT2D eigenvalue weighted by atomic mass is 9.82. The van der Waals surface area contributed by atoms with Crippen LogP contribution in [0.3, 0.4) is 0 Å². The predicted octanol–water partition coefficient (Wildman–Crippen LogP) is 2.74. The van der Waals surface area contributed by atoms with Crippen LogP contribution in [0.25, 0.3) is 0 Å². The summed E-state index contributed by atoms with van der Waals surface area (Å²) in [4.78, 5) is 2.71. The third kappa shape index (κ3) is 3.96. The van der Waals surface area contributed by atoms with E-state index in [4.69, 9.17) is 0 Å². The molecule has 0 aromatic heterocycles. The highest BCUT2D eigenvalue weighted by Crippen LogP contribution is 2.29. The molecular formula is C15H30N2. The van der Waals surface area contributed by atoms with E-state index in [1.165, 1.54) is 51.9 Å². The van der Waals surface area contributed by atoms with Gasteiger partial charge in [-0.2, -0.15) is 0 Å². The lowest BCUT2D eigenvalue weighted by Crippen LogP contribution is -2.53. The average molecular weight is 238 g/mol. The van der Waals surface area contributed by atoms with Gasteiger partial charge in [-0.15, -0.1) is 0 Å². The molecule has 2 aliphatic rings. The Morgan fingerprint density at radius 2 is 2.12 bits per heavy atom. The van der Waals surface area contributed by atoms with Gasteiger partial charge in [0.05, 0.1) is 0 Å². The molecule has 100 valence electrons. The topological polar surface area (TPSA) is 15.3 Å². The molecule has 2 nitrogen and oxygen atoms in total. The molecule has 17 heavy (non-hydrogen) atoms. The van der Waals surface area contributed by atoms with Gasteiger partial charge in [0.2, 0.25) is 0 Å². The Balaban J connectivity index is 1.78. The molecule has 0 aromatic rings. The van der Waals surface area contributed by atoms with Crippen LogP contribution in [0.2, 0.25) is 0 Å². The zero-order valence-corrected chi connectivity index (χ0v) is 11.9. The van der Waals surface area contributed by atoms with Gasteiger partial charge in [0.1, 0.15) is 0 Å². The first-order valence-electron chi connectivity index (χ1n) is 7.61. The summed E-state index contributed by atoms with van der Waals surface area (Å²) in [5.41, 5.74) is 0. The Labute approximate surface area is 107 Å². The minimum atomic E-state index is 0.713. The van der Waals surface area contributed by atoms with Crippen LogP contribution in [0.5, 0.6) is 0 Å². The molecule has 0 aromatic carbocycles. The molecule has 1 saturated heterocycles. The van der Waals surface area contributed by atoms with Gasteiger partial charge in [0.15, 0.2) is 0 Å². The maximum atomic E-state index is 3.65. The molecular weight excluding hydrogens is 208 g/mol. The van der Waals surface area contributed by atoms with Crippen LogP contribution in [0, 0.1) is 17.8 Å². The van der Waals surface area contributed by atoms with Crippen molar-refractivity contribution in [1.29, 1.82) is 0 Å². The standard InChI is InChI=1S/C15H30N2/c1-12(2)15-11-17(8-7-16-15)10-14-6-4-5-13(3)9-14/h12-16H,4-11H2,1-3H3. The SMILES string of the molecule is CC1CCCC(CN2CCNC(C(C)C)C2)C1. The molecule has 1 N–H and O–H groups in total. The quantitative estimate of drug-likeness (QED) is 0.813. The second kappa shape index (κ2) is 6.19. The summed E-state index contributed by atoms with van der Waals surface area (Å²) in [6.07, 6.45) is 5.87. The Morgan fingerprint density at radius 3 is 2.82 bits per heavy atom. The van der Waals surface area contributed by atoms with E-state index in [1.807, 2.05) is 0 Å². The summed E-state index contributed by atoms with van der Waals surface area (Å²) < 4.78 is 0. The Morgan fingerprint density at radius 1 is 1.29 bits per heavy atom. The summed E-state index contributed by atoms with van der Waals surface area (Å²) in [5, 5.41) is 3.65. The van der Waals surface area contributed by atoms with Crippen molar-refractivity contribution >= 4 is 0 Å². The van der Waals surface area contributed by atoms with Gasteiger partial charge in [0, 0.05) is 32.2 Å². The van der Waals surface area contributed by atoms with E-state index in [0.29, 0.717) is 6.04 Å². The Bertz CT molecular complexity index is 227. The van der Waals surface area contributed by atoms with E-state index in [9.17, 15) is 0 Å². The van der Waals surface area contributed by atoms with Gasteiger partial charge in [-0.05, 0) is 30.6 Å². The maximum absolute atomic E-state index is 3.65. The van der Waals surface area contributed by atoms with E-state index in [1.54, 1.807) is 0 Å². The summed E-state index contributed by atoms with van der Waals surface area (Å²) in [7, 11) is 0. The maximum Gasteiger partial charge on any atom is 0.0218 e. The van der Waals surface area contributed by atoms with Crippen molar-refractivity contribution in [1.82, 2.24) is 10.2 Å². The first-order chi connectivity index (χ1) is 8.15. The Kier molecular flexibility index (Phi) is 4.87. The highest BCUT2D eigenvalue weighted by atomic mass is 15.2. The Hall–Kier alpha value is -0.0800. The first-order valence-corrected chi connectivity index (χ1v) is 7.61. The van der Waals surface area contributed by atoms with E-state index >= 15 is 0 Å².